The Labute approximate surface area is 167 Å². The third kappa shape index (κ3) is 6.21. The van der Waals surface area contributed by atoms with Crippen molar-refractivity contribution in [3.05, 3.63) is 35.9 Å². The minimum absolute atomic E-state index is 0.00181. The van der Waals surface area contributed by atoms with Crippen molar-refractivity contribution in [1.82, 2.24) is 20.0 Å². The van der Waals surface area contributed by atoms with Crippen molar-refractivity contribution < 1.29 is 27.5 Å². The number of carbonyl (C=O) groups excluding carboxylic acids is 2. The largest absolute Gasteiger partial charge is 0.481 e. The molecule has 1 heterocycles. The number of hydrogen-bond donors (Lipinski definition) is 4. The van der Waals surface area contributed by atoms with E-state index in [-0.39, 0.29) is 29.0 Å². The maximum Gasteiger partial charge on any atom is 0.336 e. The molecule has 0 aliphatic heterocycles. The Balaban J connectivity index is 2.12. The predicted octanol–water partition coefficient (Wildman–Crippen LogP) is 0.722. The summed E-state index contributed by atoms with van der Waals surface area (Å²) < 4.78 is 38.3. The summed E-state index contributed by atoms with van der Waals surface area (Å²) in [5.41, 5.74) is 0.0963. The fourth-order valence-corrected chi connectivity index (χ4v) is 2.93. The molecule has 0 aliphatic carbocycles. The zero-order valence-electron chi connectivity index (χ0n) is 15.8. The first-order chi connectivity index (χ1) is 13.8. The molecule has 1 aromatic carbocycles. The normalized spacial score (nSPS) is 10.6. The van der Waals surface area contributed by atoms with Crippen molar-refractivity contribution in [2.24, 2.45) is 0 Å². The number of ether oxygens (including phenoxy) is 2. The van der Waals surface area contributed by atoms with E-state index in [2.05, 4.69) is 25.3 Å². The summed E-state index contributed by atoms with van der Waals surface area (Å²) in [4.78, 5) is 31.8. The first-order valence-corrected chi connectivity index (χ1v) is 9.72. The summed E-state index contributed by atoms with van der Waals surface area (Å²) in [5.74, 6) is -0.503. The van der Waals surface area contributed by atoms with Crippen LogP contribution in [0.2, 0.25) is 0 Å². The standard InChI is InChI=1S/C16H20N6O6S/c1-4-17-14(23)10-7-5-6-8-11(10)21-29(25,26)22-16(24)20-15-18-12(27-2)9-13(19-15)28-3/h5-9,21H,4H2,1-3H3,(H,17,23)(H2,18,19,20,22,24). The van der Waals surface area contributed by atoms with E-state index in [9.17, 15) is 18.0 Å². The highest BCUT2D eigenvalue weighted by Crippen LogP contribution is 2.18. The molecule has 0 bridgehead atoms. The number of methoxy groups -OCH3 is 2. The second kappa shape index (κ2) is 9.54. The number of rotatable bonds is 8. The molecule has 0 atom stereocenters. The number of nitrogens with zero attached hydrogens (tertiary/aromatic N) is 2. The summed E-state index contributed by atoms with van der Waals surface area (Å²) in [6.45, 7) is 2.09. The molecule has 0 spiro atoms. The molecule has 0 saturated heterocycles. The lowest BCUT2D eigenvalue weighted by Gasteiger charge is -2.13. The van der Waals surface area contributed by atoms with Gasteiger partial charge >= 0.3 is 16.2 Å². The molecular weight excluding hydrogens is 404 g/mol. The average Bonchev–Trinajstić information content (AvgIpc) is 2.67. The van der Waals surface area contributed by atoms with Crippen molar-refractivity contribution in [2.75, 3.05) is 30.8 Å². The molecule has 0 saturated carbocycles. The topological polar surface area (TPSA) is 161 Å². The Morgan fingerprint density at radius 1 is 1.07 bits per heavy atom. The van der Waals surface area contributed by atoms with Gasteiger partial charge in [-0.25, -0.2) is 9.52 Å². The number of aromatic nitrogens is 2. The second-order valence-corrected chi connectivity index (χ2v) is 6.76. The SMILES string of the molecule is CCNC(=O)c1ccccc1NS(=O)(=O)NC(=O)Nc1nc(OC)cc(OC)n1. The van der Waals surface area contributed by atoms with Gasteiger partial charge in [0.25, 0.3) is 5.91 Å². The third-order valence-electron chi connectivity index (χ3n) is 3.30. The van der Waals surface area contributed by atoms with Crippen LogP contribution in [0.1, 0.15) is 17.3 Å². The second-order valence-electron chi connectivity index (χ2n) is 5.34. The van der Waals surface area contributed by atoms with E-state index >= 15 is 0 Å². The van der Waals surface area contributed by atoms with E-state index in [1.54, 1.807) is 17.7 Å². The average molecular weight is 424 g/mol. The lowest BCUT2D eigenvalue weighted by Crippen LogP contribution is -2.39. The van der Waals surface area contributed by atoms with Crippen LogP contribution in [0.3, 0.4) is 0 Å². The van der Waals surface area contributed by atoms with E-state index in [1.807, 2.05) is 0 Å². The minimum Gasteiger partial charge on any atom is -0.481 e. The van der Waals surface area contributed by atoms with E-state index in [0.717, 1.165) is 0 Å². The Hall–Kier alpha value is -3.61. The van der Waals surface area contributed by atoms with Crippen LogP contribution in [0.15, 0.2) is 30.3 Å². The summed E-state index contributed by atoms with van der Waals surface area (Å²) in [5, 5.41) is 4.73. The summed E-state index contributed by atoms with van der Waals surface area (Å²) in [6.07, 6.45) is 0. The van der Waals surface area contributed by atoms with Crippen molar-refractivity contribution in [3.63, 3.8) is 0 Å². The van der Waals surface area contributed by atoms with Crippen LogP contribution >= 0.6 is 0 Å². The molecule has 2 aromatic rings. The van der Waals surface area contributed by atoms with Crippen LogP contribution in [0.5, 0.6) is 11.8 Å². The van der Waals surface area contributed by atoms with Gasteiger partial charge in [-0.2, -0.15) is 18.4 Å². The zero-order valence-corrected chi connectivity index (χ0v) is 16.7. The van der Waals surface area contributed by atoms with Gasteiger partial charge in [-0.15, -0.1) is 0 Å². The van der Waals surface area contributed by atoms with Crippen LogP contribution < -0.4 is 29.6 Å². The molecule has 4 N–H and O–H groups in total. The highest BCUT2D eigenvalue weighted by molar-refractivity contribution is 7.91. The summed E-state index contributed by atoms with van der Waals surface area (Å²) in [7, 11) is -1.66. The molecule has 0 fully saturated rings. The molecule has 0 unspecified atom stereocenters. The van der Waals surface area contributed by atoms with E-state index in [4.69, 9.17) is 9.47 Å². The number of anilines is 2. The predicted molar refractivity (Wildman–Crippen MR) is 104 cm³/mol. The Bertz CT molecular complexity index is 975. The van der Waals surface area contributed by atoms with Gasteiger partial charge in [0.05, 0.1) is 31.5 Å². The van der Waals surface area contributed by atoms with Crippen LogP contribution in [-0.4, -0.2) is 51.1 Å². The van der Waals surface area contributed by atoms with Crippen LogP contribution in [-0.2, 0) is 10.2 Å². The van der Waals surface area contributed by atoms with Crippen LogP contribution in [0.4, 0.5) is 16.4 Å². The first kappa shape index (κ1) is 21.7. The molecule has 1 aromatic heterocycles. The summed E-state index contributed by atoms with van der Waals surface area (Å²) >= 11 is 0. The third-order valence-corrected chi connectivity index (χ3v) is 4.25. The molecule has 13 heteroatoms. The van der Waals surface area contributed by atoms with Crippen molar-refractivity contribution in [2.45, 2.75) is 6.92 Å². The zero-order chi connectivity index (χ0) is 21.4. The molecule has 0 radical (unpaired) electrons. The van der Waals surface area contributed by atoms with Gasteiger partial charge < -0.3 is 14.8 Å². The number of para-hydroxylation sites is 1. The fraction of sp³-hybridized carbons (Fsp3) is 0.250. The highest BCUT2D eigenvalue weighted by atomic mass is 32.2. The van der Waals surface area contributed by atoms with Crippen LogP contribution in [0.25, 0.3) is 0 Å². The van der Waals surface area contributed by atoms with Gasteiger partial charge in [-0.1, -0.05) is 12.1 Å². The maximum absolute atomic E-state index is 12.3. The Morgan fingerprint density at radius 3 is 2.28 bits per heavy atom. The van der Waals surface area contributed by atoms with Gasteiger partial charge in [0, 0.05) is 6.54 Å². The fourth-order valence-electron chi connectivity index (χ4n) is 2.11. The van der Waals surface area contributed by atoms with E-state index in [1.165, 1.54) is 38.5 Å². The van der Waals surface area contributed by atoms with Crippen molar-refractivity contribution in [3.8, 4) is 11.8 Å². The molecular formula is C16H20N6O6S. The molecule has 2 rings (SSSR count). The smallest absolute Gasteiger partial charge is 0.336 e. The van der Waals surface area contributed by atoms with Gasteiger partial charge in [0.2, 0.25) is 17.7 Å². The van der Waals surface area contributed by atoms with Gasteiger partial charge in [-0.3, -0.25) is 14.8 Å². The number of urea groups is 1. The molecule has 3 amide bonds. The first-order valence-electron chi connectivity index (χ1n) is 8.23. The lowest BCUT2D eigenvalue weighted by atomic mass is 10.2. The minimum atomic E-state index is -4.37. The van der Waals surface area contributed by atoms with Gasteiger partial charge in [-0.05, 0) is 19.1 Å². The number of amides is 3. The van der Waals surface area contributed by atoms with E-state index < -0.39 is 22.1 Å². The molecule has 29 heavy (non-hydrogen) atoms. The number of carbonyl (C=O) groups is 2. The van der Waals surface area contributed by atoms with Gasteiger partial charge in [0.15, 0.2) is 0 Å². The Kier molecular flexibility index (Phi) is 7.14. The number of nitrogens with one attached hydrogen (secondary N) is 4. The van der Waals surface area contributed by atoms with Crippen molar-refractivity contribution in [1.29, 1.82) is 0 Å². The van der Waals surface area contributed by atoms with E-state index in [0.29, 0.717) is 6.54 Å². The Morgan fingerprint density at radius 2 is 1.69 bits per heavy atom. The molecule has 0 aliphatic rings. The molecule has 12 nitrogen and oxygen atoms in total. The van der Waals surface area contributed by atoms with Gasteiger partial charge in [0.1, 0.15) is 0 Å². The number of hydrogen-bond acceptors (Lipinski definition) is 8. The number of benzene rings is 1. The van der Waals surface area contributed by atoms with Crippen LogP contribution in [0, 0.1) is 0 Å². The lowest BCUT2D eigenvalue weighted by molar-refractivity contribution is 0.0956. The quantitative estimate of drug-likeness (QED) is 0.482. The summed E-state index contributed by atoms with van der Waals surface area (Å²) in [6, 6.07) is 6.19. The maximum atomic E-state index is 12.3. The highest BCUT2D eigenvalue weighted by Gasteiger charge is 2.19. The monoisotopic (exact) mass is 424 g/mol. The van der Waals surface area contributed by atoms with Crippen molar-refractivity contribution >= 4 is 33.8 Å². The molecule has 156 valence electrons.